The molecule has 2 rings (SSSR count). The summed E-state index contributed by atoms with van der Waals surface area (Å²) in [7, 11) is 0. The van der Waals surface area contributed by atoms with Crippen LogP contribution in [-0.2, 0) is 0 Å². The Kier molecular flexibility index (Phi) is 11.3. The molecule has 0 unspecified atom stereocenters. The number of benzene rings is 2. The molecule has 0 atom stereocenters. The van der Waals surface area contributed by atoms with Crippen LogP contribution in [0.3, 0.4) is 0 Å². The molecule has 12 heteroatoms. The molecule has 0 heterocycles. The number of halogens is 2. The second-order valence-electron chi connectivity index (χ2n) is 7.36. The van der Waals surface area contributed by atoms with E-state index in [0.29, 0.717) is 33.4 Å². The smallest absolute Gasteiger partial charge is 0.194 e. The third-order valence-corrected chi connectivity index (χ3v) is 5.93. The van der Waals surface area contributed by atoms with Gasteiger partial charge in [0.15, 0.2) is 22.1 Å². The van der Waals surface area contributed by atoms with Crippen molar-refractivity contribution in [3.8, 4) is 0 Å². The van der Waals surface area contributed by atoms with Gasteiger partial charge < -0.3 is 22.1 Å². The van der Waals surface area contributed by atoms with E-state index >= 15 is 0 Å². The molecule has 0 amide bonds. The monoisotopic (exact) mass is 538 g/mol. The number of anilines is 2. The summed E-state index contributed by atoms with van der Waals surface area (Å²) in [5, 5.41) is 23.8. The average Bonchev–Trinajstić information content (AvgIpc) is 2.78. The van der Waals surface area contributed by atoms with E-state index < -0.39 is 0 Å². The number of thiocarbonyl (C=S) groups is 2. The van der Waals surface area contributed by atoms with Gasteiger partial charge >= 0.3 is 0 Å². The minimum absolute atomic E-state index is 0.118. The third kappa shape index (κ3) is 9.30. The summed E-state index contributed by atoms with van der Waals surface area (Å²) >= 11 is 22.6. The van der Waals surface area contributed by atoms with Crippen LogP contribution >= 0.6 is 47.6 Å². The number of guanidine groups is 2. The van der Waals surface area contributed by atoms with Crippen molar-refractivity contribution in [2.75, 3.05) is 23.7 Å². The Morgan fingerprint density at radius 1 is 0.676 bits per heavy atom. The van der Waals surface area contributed by atoms with Crippen molar-refractivity contribution in [1.82, 2.24) is 9.80 Å². The molecule has 0 saturated carbocycles. The summed E-state index contributed by atoms with van der Waals surface area (Å²) in [6.45, 7) is 1.03. The van der Waals surface area contributed by atoms with Gasteiger partial charge in [-0.2, -0.15) is 0 Å². The minimum Gasteiger partial charge on any atom is -0.370 e. The second kappa shape index (κ2) is 13.9. The van der Waals surface area contributed by atoms with Crippen LogP contribution in [0.5, 0.6) is 0 Å². The van der Waals surface area contributed by atoms with Crippen LogP contribution in [-0.4, -0.2) is 45.0 Å². The summed E-state index contributed by atoms with van der Waals surface area (Å²) in [5.41, 5.74) is 13.0. The fraction of sp³-hybridized carbons (Fsp3) is 0.273. The number of nitrogens with one attached hydrogen (secondary N) is 4. The van der Waals surface area contributed by atoms with Crippen LogP contribution in [0, 0.1) is 10.8 Å². The Morgan fingerprint density at radius 2 is 1.00 bits per heavy atom. The van der Waals surface area contributed by atoms with Crippen LogP contribution in [0.15, 0.2) is 48.5 Å². The van der Waals surface area contributed by atoms with E-state index in [1.165, 1.54) is 0 Å². The fourth-order valence-electron chi connectivity index (χ4n) is 3.00. The van der Waals surface area contributed by atoms with Crippen LogP contribution in [0.25, 0.3) is 0 Å². The zero-order chi connectivity index (χ0) is 25.1. The van der Waals surface area contributed by atoms with Gasteiger partial charge in [0.1, 0.15) is 0 Å². The van der Waals surface area contributed by atoms with Crippen molar-refractivity contribution < 1.29 is 0 Å². The van der Waals surface area contributed by atoms with Gasteiger partial charge in [0, 0.05) is 34.5 Å². The molecular formula is C22H28Cl2N8S2. The van der Waals surface area contributed by atoms with Gasteiger partial charge in [0.2, 0.25) is 0 Å². The fourth-order valence-corrected chi connectivity index (χ4v) is 3.87. The summed E-state index contributed by atoms with van der Waals surface area (Å²) in [6, 6.07) is 14.2. The van der Waals surface area contributed by atoms with E-state index in [4.69, 9.17) is 69.9 Å². The molecule has 8 nitrogen and oxygen atoms in total. The first kappa shape index (κ1) is 27.6. The average molecular weight is 540 g/mol. The SMILES string of the molecule is N=C(N)N(CCCCCCN(C(=N)N)C(=S)Nc1ccc(Cl)cc1)C(=S)Nc1ccc(Cl)cc1. The molecule has 0 fully saturated rings. The van der Waals surface area contributed by atoms with E-state index in [2.05, 4.69) is 10.6 Å². The van der Waals surface area contributed by atoms with Gasteiger partial charge in [-0.05, 0) is 85.8 Å². The first-order valence-corrected chi connectivity index (χ1v) is 12.1. The van der Waals surface area contributed by atoms with Gasteiger partial charge in [-0.15, -0.1) is 0 Å². The highest BCUT2D eigenvalue weighted by Crippen LogP contribution is 2.15. The van der Waals surface area contributed by atoms with Crippen LogP contribution in [0.2, 0.25) is 10.0 Å². The standard InChI is InChI=1S/C22H28Cl2N8S2/c23-15-5-9-17(10-6-15)29-21(33)31(19(25)26)13-3-1-2-4-14-32(20(27)28)22(34)30-18-11-7-16(24)8-12-18/h5-12H,1-4,13-14H2,(H3,25,26)(H3,27,28)(H,29,33)(H,30,34). The van der Waals surface area contributed by atoms with E-state index in [1.54, 1.807) is 58.3 Å². The summed E-state index contributed by atoms with van der Waals surface area (Å²) < 4.78 is 0. The van der Waals surface area contributed by atoms with Crippen molar-refractivity contribution in [3.63, 3.8) is 0 Å². The van der Waals surface area contributed by atoms with Gasteiger partial charge in [-0.25, -0.2) is 0 Å². The lowest BCUT2D eigenvalue weighted by atomic mass is 10.2. The molecule has 0 aliphatic heterocycles. The normalized spacial score (nSPS) is 10.3. The van der Waals surface area contributed by atoms with Crippen molar-refractivity contribution in [2.45, 2.75) is 25.7 Å². The lowest BCUT2D eigenvalue weighted by Gasteiger charge is -2.25. The molecule has 0 aliphatic rings. The molecule has 0 spiro atoms. The molecule has 182 valence electrons. The maximum Gasteiger partial charge on any atom is 0.194 e. The molecule has 0 saturated heterocycles. The zero-order valence-corrected chi connectivity index (χ0v) is 21.6. The van der Waals surface area contributed by atoms with E-state index in [1.807, 2.05) is 0 Å². The molecule has 34 heavy (non-hydrogen) atoms. The number of rotatable bonds is 9. The van der Waals surface area contributed by atoms with Gasteiger partial charge in [0.25, 0.3) is 0 Å². The minimum atomic E-state index is -0.118. The Labute approximate surface area is 220 Å². The number of unbranched alkanes of at least 4 members (excludes halogenated alkanes) is 3. The predicted octanol–water partition coefficient (Wildman–Crippen LogP) is 5.04. The lowest BCUT2D eigenvalue weighted by Crippen LogP contribution is -2.44. The lowest BCUT2D eigenvalue weighted by molar-refractivity contribution is 0.504. The number of hydrogen-bond donors (Lipinski definition) is 6. The zero-order valence-electron chi connectivity index (χ0n) is 18.5. The summed E-state index contributed by atoms with van der Waals surface area (Å²) in [5.74, 6) is -0.235. The number of hydrogen-bond acceptors (Lipinski definition) is 4. The first-order chi connectivity index (χ1) is 16.2. The molecule has 0 aliphatic carbocycles. The van der Waals surface area contributed by atoms with Crippen molar-refractivity contribution in [2.24, 2.45) is 11.5 Å². The largest absolute Gasteiger partial charge is 0.370 e. The quantitative estimate of drug-likeness (QED) is 0.113. The van der Waals surface area contributed by atoms with E-state index in [-0.39, 0.29) is 11.9 Å². The Morgan fingerprint density at radius 3 is 1.29 bits per heavy atom. The predicted molar refractivity (Wildman–Crippen MR) is 151 cm³/mol. The number of nitrogens with two attached hydrogens (primary N) is 2. The third-order valence-electron chi connectivity index (χ3n) is 4.78. The van der Waals surface area contributed by atoms with Crippen molar-refractivity contribution in [1.29, 1.82) is 10.8 Å². The summed E-state index contributed by atoms with van der Waals surface area (Å²) in [4.78, 5) is 3.11. The van der Waals surface area contributed by atoms with Crippen molar-refractivity contribution in [3.05, 3.63) is 58.6 Å². The molecule has 0 bridgehead atoms. The first-order valence-electron chi connectivity index (χ1n) is 10.5. The van der Waals surface area contributed by atoms with Crippen LogP contribution in [0.1, 0.15) is 25.7 Å². The molecule has 0 aromatic heterocycles. The maximum absolute atomic E-state index is 7.84. The maximum atomic E-state index is 7.84. The Balaban J connectivity index is 1.75. The Bertz CT molecular complexity index is 917. The van der Waals surface area contributed by atoms with Crippen molar-refractivity contribution >= 4 is 81.2 Å². The highest BCUT2D eigenvalue weighted by Gasteiger charge is 2.14. The highest BCUT2D eigenvalue weighted by atomic mass is 35.5. The van der Waals surface area contributed by atoms with E-state index in [0.717, 1.165) is 37.1 Å². The summed E-state index contributed by atoms with van der Waals surface area (Å²) in [6.07, 6.45) is 3.35. The molecule has 0 radical (unpaired) electrons. The van der Waals surface area contributed by atoms with Gasteiger partial charge in [-0.1, -0.05) is 36.0 Å². The molecular weight excluding hydrogens is 511 g/mol. The highest BCUT2D eigenvalue weighted by molar-refractivity contribution is 7.80. The van der Waals surface area contributed by atoms with Gasteiger partial charge in [-0.3, -0.25) is 20.6 Å². The number of nitrogens with zero attached hydrogens (tertiary/aromatic N) is 2. The Hall–Kier alpha value is -2.66. The van der Waals surface area contributed by atoms with Gasteiger partial charge in [0.05, 0.1) is 0 Å². The topological polar surface area (TPSA) is 130 Å². The molecule has 2 aromatic rings. The van der Waals surface area contributed by atoms with Crippen LogP contribution < -0.4 is 22.1 Å². The second-order valence-corrected chi connectivity index (χ2v) is 9.01. The van der Waals surface area contributed by atoms with E-state index in [9.17, 15) is 0 Å². The van der Waals surface area contributed by atoms with Crippen LogP contribution in [0.4, 0.5) is 11.4 Å². The molecule has 8 N–H and O–H groups in total. The molecule has 2 aromatic carbocycles.